The summed E-state index contributed by atoms with van der Waals surface area (Å²) in [7, 11) is 0. The summed E-state index contributed by atoms with van der Waals surface area (Å²) in [5, 5.41) is 5.49. The smallest absolute Gasteiger partial charge is 0.410 e. The van der Waals surface area contributed by atoms with E-state index in [0.29, 0.717) is 18.2 Å². The van der Waals surface area contributed by atoms with Gasteiger partial charge >= 0.3 is 6.09 Å². The average molecular weight is 368 g/mol. The Morgan fingerprint density at radius 3 is 2.52 bits per heavy atom. The molecule has 1 atom stereocenters. The number of thiazole rings is 1. The van der Waals surface area contributed by atoms with Crippen LogP contribution in [0, 0.1) is 5.92 Å². The number of rotatable bonds is 2. The van der Waals surface area contributed by atoms with Crippen molar-refractivity contribution in [2.45, 2.75) is 65.4 Å². The highest BCUT2D eigenvalue weighted by Gasteiger charge is 2.31. The number of ether oxygens (including phenoxy) is 1. The molecular weight excluding hydrogens is 338 g/mol. The fraction of sp³-hybridized carbons (Fsp3) is 0.722. The number of hydrogen-bond donors (Lipinski definition) is 1. The molecule has 25 heavy (non-hydrogen) atoms. The first-order valence-electron chi connectivity index (χ1n) is 8.70. The lowest BCUT2D eigenvalue weighted by atomic mass is 9.93. The molecule has 1 unspecified atom stereocenters. The highest BCUT2D eigenvalue weighted by Crippen LogP contribution is 2.27. The van der Waals surface area contributed by atoms with E-state index in [4.69, 9.17) is 4.74 Å². The van der Waals surface area contributed by atoms with Gasteiger partial charge in [-0.25, -0.2) is 9.78 Å². The van der Waals surface area contributed by atoms with Crippen LogP contribution >= 0.6 is 11.3 Å². The summed E-state index contributed by atoms with van der Waals surface area (Å²) in [4.78, 5) is 30.9. The molecule has 1 aliphatic rings. The van der Waals surface area contributed by atoms with Crippen LogP contribution in [0.4, 0.5) is 9.93 Å². The van der Waals surface area contributed by atoms with Crippen LogP contribution in [0.25, 0.3) is 0 Å². The number of nitrogens with one attached hydrogen (secondary N) is 1. The fourth-order valence-corrected chi connectivity index (χ4v) is 3.51. The van der Waals surface area contributed by atoms with Gasteiger partial charge in [0.1, 0.15) is 5.60 Å². The van der Waals surface area contributed by atoms with Crippen LogP contribution in [0.3, 0.4) is 0 Å². The van der Waals surface area contributed by atoms with E-state index in [0.717, 1.165) is 18.5 Å². The number of aromatic nitrogens is 1. The molecule has 1 saturated heterocycles. The van der Waals surface area contributed by atoms with Crippen LogP contribution in [-0.2, 0) is 14.9 Å². The Hall–Kier alpha value is -1.63. The van der Waals surface area contributed by atoms with Crippen molar-refractivity contribution in [1.29, 1.82) is 0 Å². The zero-order valence-electron chi connectivity index (χ0n) is 16.0. The van der Waals surface area contributed by atoms with Gasteiger partial charge < -0.3 is 15.0 Å². The Bertz CT molecular complexity index is 628. The standard InChI is InChI=1S/C18H29N3O3S/c1-17(2,3)13-11-25-15(19-13)20-14(22)12-8-7-9-21(10-12)16(23)24-18(4,5)6/h11-12H,7-10H2,1-6H3,(H,19,20,22). The van der Waals surface area contributed by atoms with Crippen molar-refractivity contribution in [3.05, 3.63) is 11.1 Å². The normalized spacial score (nSPS) is 18.8. The van der Waals surface area contributed by atoms with Gasteiger partial charge in [0.15, 0.2) is 5.13 Å². The van der Waals surface area contributed by atoms with E-state index in [1.807, 2.05) is 26.2 Å². The number of hydrogen-bond acceptors (Lipinski definition) is 5. The van der Waals surface area contributed by atoms with Gasteiger partial charge in [-0.1, -0.05) is 20.8 Å². The molecule has 1 fully saturated rings. The van der Waals surface area contributed by atoms with E-state index >= 15 is 0 Å². The highest BCUT2D eigenvalue weighted by atomic mass is 32.1. The van der Waals surface area contributed by atoms with Gasteiger partial charge in [0.2, 0.25) is 5.91 Å². The molecule has 0 saturated carbocycles. The third-order valence-corrected chi connectivity index (χ3v) is 4.70. The third kappa shape index (κ3) is 5.70. The second kappa shape index (κ2) is 7.32. The summed E-state index contributed by atoms with van der Waals surface area (Å²) in [6.07, 6.45) is 1.21. The fourth-order valence-electron chi connectivity index (χ4n) is 2.57. The summed E-state index contributed by atoms with van der Waals surface area (Å²) in [5.74, 6) is -0.314. The molecule has 6 nitrogen and oxygen atoms in total. The van der Waals surface area contributed by atoms with Crippen LogP contribution < -0.4 is 5.32 Å². The van der Waals surface area contributed by atoms with E-state index in [-0.39, 0.29) is 23.3 Å². The molecule has 0 aliphatic carbocycles. The number of likely N-dealkylation sites (tertiary alicyclic amines) is 1. The van der Waals surface area contributed by atoms with Crippen LogP contribution in [0.15, 0.2) is 5.38 Å². The van der Waals surface area contributed by atoms with Crippen LogP contribution in [0.2, 0.25) is 0 Å². The summed E-state index contributed by atoms with van der Waals surface area (Å²) in [5.41, 5.74) is 0.390. The molecule has 2 heterocycles. The summed E-state index contributed by atoms with van der Waals surface area (Å²) >= 11 is 1.44. The maximum atomic E-state index is 12.6. The first-order chi connectivity index (χ1) is 11.5. The minimum Gasteiger partial charge on any atom is -0.444 e. The quantitative estimate of drug-likeness (QED) is 0.857. The zero-order chi connectivity index (χ0) is 18.8. The maximum absolute atomic E-state index is 12.6. The van der Waals surface area contributed by atoms with Crippen molar-refractivity contribution >= 4 is 28.5 Å². The van der Waals surface area contributed by atoms with Crippen molar-refractivity contribution in [2.75, 3.05) is 18.4 Å². The van der Waals surface area contributed by atoms with Crippen molar-refractivity contribution in [3.63, 3.8) is 0 Å². The molecule has 140 valence electrons. The molecule has 1 aromatic rings. The van der Waals surface area contributed by atoms with Gasteiger partial charge in [-0.15, -0.1) is 11.3 Å². The molecule has 0 aromatic carbocycles. The summed E-state index contributed by atoms with van der Waals surface area (Å²) in [6, 6.07) is 0. The Morgan fingerprint density at radius 1 is 1.28 bits per heavy atom. The molecular formula is C18H29N3O3S. The lowest BCUT2D eigenvalue weighted by molar-refractivity contribution is -0.121. The van der Waals surface area contributed by atoms with E-state index < -0.39 is 5.60 Å². The predicted molar refractivity (Wildman–Crippen MR) is 100.0 cm³/mol. The molecule has 1 N–H and O–H groups in total. The largest absolute Gasteiger partial charge is 0.444 e. The number of piperidine rings is 1. The number of anilines is 1. The number of nitrogens with zero attached hydrogens (tertiary/aromatic N) is 2. The van der Waals surface area contributed by atoms with E-state index in [2.05, 4.69) is 31.1 Å². The van der Waals surface area contributed by atoms with Gasteiger partial charge in [-0.2, -0.15) is 0 Å². The predicted octanol–water partition coefficient (Wildman–Crippen LogP) is 4.03. The van der Waals surface area contributed by atoms with Crippen LogP contribution in [0.5, 0.6) is 0 Å². The molecule has 2 amide bonds. The van der Waals surface area contributed by atoms with E-state index in [9.17, 15) is 9.59 Å². The van der Waals surface area contributed by atoms with Gasteiger partial charge in [0, 0.05) is 23.9 Å². The molecule has 0 spiro atoms. The van der Waals surface area contributed by atoms with Crippen molar-refractivity contribution in [3.8, 4) is 0 Å². The lowest BCUT2D eigenvalue weighted by Crippen LogP contribution is -2.45. The van der Waals surface area contributed by atoms with Gasteiger partial charge in [-0.05, 0) is 33.6 Å². The summed E-state index contributed by atoms with van der Waals surface area (Å²) < 4.78 is 5.41. The molecule has 0 bridgehead atoms. The second-order valence-corrected chi connectivity index (χ2v) is 9.40. The Balaban J connectivity index is 1.95. The Morgan fingerprint density at radius 2 is 1.96 bits per heavy atom. The van der Waals surface area contributed by atoms with Gasteiger partial charge in [0.05, 0.1) is 11.6 Å². The monoisotopic (exact) mass is 367 g/mol. The van der Waals surface area contributed by atoms with E-state index in [1.165, 1.54) is 11.3 Å². The number of carbonyl (C=O) groups is 2. The molecule has 1 aliphatic heterocycles. The Kier molecular flexibility index (Phi) is 5.76. The average Bonchev–Trinajstić information content (AvgIpc) is 2.94. The topological polar surface area (TPSA) is 71.5 Å². The van der Waals surface area contributed by atoms with Crippen molar-refractivity contribution < 1.29 is 14.3 Å². The summed E-state index contributed by atoms with van der Waals surface area (Å²) in [6.45, 7) is 12.8. The number of amides is 2. The lowest BCUT2D eigenvalue weighted by Gasteiger charge is -2.33. The van der Waals surface area contributed by atoms with Crippen molar-refractivity contribution in [1.82, 2.24) is 9.88 Å². The second-order valence-electron chi connectivity index (χ2n) is 8.54. The Labute approximate surface area is 154 Å². The van der Waals surface area contributed by atoms with Crippen molar-refractivity contribution in [2.24, 2.45) is 5.92 Å². The SMILES string of the molecule is CC(C)(C)OC(=O)N1CCCC(C(=O)Nc2nc(C(C)(C)C)cs2)C1. The zero-order valence-corrected chi connectivity index (χ0v) is 16.8. The highest BCUT2D eigenvalue weighted by molar-refractivity contribution is 7.13. The van der Waals surface area contributed by atoms with Gasteiger partial charge in [-0.3, -0.25) is 4.79 Å². The van der Waals surface area contributed by atoms with E-state index in [1.54, 1.807) is 4.90 Å². The molecule has 7 heteroatoms. The number of carbonyl (C=O) groups excluding carboxylic acids is 2. The van der Waals surface area contributed by atoms with Gasteiger partial charge in [0.25, 0.3) is 0 Å². The minimum absolute atomic E-state index is 0.0438. The van der Waals surface area contributed by atoms with Crippen LogP contribution in [-0.4, -0.2) is 40.6 Å². The molecule has 1 aromatic heterocycles. The first-order valence-corrected chi connectivity index (χ1v) is 9.58. The molecule has 0 radical (unpaired) electrons. The van der Waals surface area contributed by atoms with Crippen LogP contribution in [0.1, 0.15) is 60.1 Å². The first kappa shape index (κ1) is 19.7. The molecule has 2 rings (SSSR count). The maximum Gasteiger partial charge on any atom is 0.410 e. The minimum atomic E-state index is -0.531. The third-order valence-electron chi connectivity index (χ3n) is 3.95.